The predicted octanol–water partition coefficient (Wildman–Crippen LogP) is 2.24. The van der Waals surface area contributed by atoms with Crippen molar-refractivity contribution >= 4 is 5.91 Å². The standard InChI is InChI=1S/C15H19N3O2/c1-9-6-14(11(3)20-9)10(2)18-15(19)12-4-5-17-13(7-12)8-16/h4-7,10H,8,16H2,1-3H3,(H,18,19). The topological polar surface area (TPSA) is 81.2 Å². The molecule has 5 nitrogen and oxygen atoms in total. The molecule has 20 heavy (non-hydrogen) atoms. The van der Waals surface area contributed by atoms with Crippen molar-refractivity contribution in [1.29, 1.82) is 0 Å². The maximum atomic E-state index is 12.2. The van der Waals surface area contributed by atoms with Crippen LogP contribution in [0.1, 0.15) is 46.1 Å². The van der Waals surface area contributed by atoms with E-state index in [9.17, 15) is 4.79 Å². The summed E-state index contributed by atoms with van der Waals surface area (Å²) < 4.78 is 5.48. The zero-order chi connectivity index (χ0) is 14.7. The van der Waals surface area contributed by atoms with Crippen molar-refractivity contribution in [2.75, 3.05) is 0 Å². The molecule has 5 heteroatoms. The molecule has 0 aromatic carbocycles. The summed E-state index contributed by atoms with van der Waals surface area (Å²) >= 11 is 0. The van der Waals surface area contributed by atoms with Crippen LogP contribution in [0.25, 0.3) is 0 Å². The van der Waals surface area contributed by atoms with E-state index in [0.29, 0.717) is 17.8 Å². The first-order valence-corrected chi connectivity index (χ1v) is 6.54. The van der Waals surface area contributed by atoms with E-state index in [-0.39, 0.29) is 11.9 Å². The zero-order valence-corrected chi connectivity index (χ0v) is 11.9. The van der Waals surface area contributed by atoms with Gasteiger partial charge in [0.15, 0.2) is 0 Å². The zero-order valence-electron chi connectivity index (χ0n) is 11.9. The number of hydrogen-bond donors (Lipinski definition) is 2. The van der Waals surface area contributed by atoms with Gasteiger partial charge in [0.1, 0.15) is 11.5 Å². The Morgan fingerprint density at radius 2 is 2.20 bits per heavy atom. The smallest absolute Gasteiger partial charge is 0.251 e. The van der Waals surface area contributed by atoms with E-state index in [2.05, 4.69) is 10.3 Å². The fraction of sp³-hybridized carbons (Fsp3) is 0.333. The van der Waals surface area contributed by atoms with Gasteiger partial charge in [-0.05, 0) is 39.0 Å². The summed E-state index contributed by atoms with van der Waals surface area (Å²) in [6, 6.07) is 5.21. The largest absolute Gasteiger partial charge is 0.466 e. The highest BCUT2D eigenvalue weighted by molar-refractivity contribution is 5.94. The second kappa shape index (κ2) is 5.88. The molecule has 0 saturated carbocycles. The number of hydrogen-bond acceptors (Lipinski definition) is 4. The Hall–Kier alpha value is -2.14. The lowest BCUT2D eigenvalue weighted by Gasteiger charge is -2.13. The first kappa shape index (κ1) is 14.3. The van der Waals surface area contributed by atoms with Gasteiger partial charge in [-0.3, -0.25) is 9.78 Å². The lowest BCUT2D eigenvalue weighted by Crippen LogP contribution is -2.27. The van der Waals surface area contributed by atoms with Crippen LogP contribution in [-0.2, 0) is 6.54 Å². The molecular weight excluding hydrogens is 254 g/mol. The Morgan fingerprint density at radius 1 is 1.45 bits per heavy atom. The number of pyridine rings is 1. The van der Waals surface area contributed by atoms with E-state index < -0.39 is 0 Å². The summed E-state index contributed by atoms with van der Waals surface area (Å²) in [4.78, 5) is 16.3. The number of amides is 1. The molecule has 106 valence electrons. The van der Waals surface area contributed by atoms with Crippen molar-refractivity contribution < 1.29 is 9.21 Å². The number of carbonyl (C=O) groups excluding carboxylic acids is 1. The Bertz CT molecular complexity index is 619. The Balaban J connectivity index is 2.12. The van der Waals surface area contributed by atoms with E-state index in [1.165, 1.54) is 0 Å². The third-order valence-electron chi connectivity index (χ3n) is 3.18. The minimum atomic E-state index is -0.146. The van der Waals surface area contributed by atoms with Gasteiger partial charge >= 0.3 is 0 Å². The molecule has 2 heterocycles. The van der Waals surface area contributed by atoms with Crippen molar-refractivity contribution in [1.82, 2.24) is 10.3 Å². The fourth-order valence-electron chi connectivity index (χ4n) is 2.17. The van der Waals surface area contributed by atoms with Gasteiger partial charge in [0.2, 0.25) is 0 Å². The second-order valence-electron chi connectivity index (χ2n) is 4.80. The molecule has 0 radical (unpaired) electrons. The van der Waals surface area contributed by atoms with Crippen molar-refractivity contribution in [2.45, 2.75) is 33.4 Å². The molecule has 0 saturated heterocycles. The summed E-state index contributed by atoms with van der Waals surface area (Å²) in [7, 11) is 0. The van der Waals surface area contributed by atoms with Crippen molar-refractivity contribution in [3.63, 3.8) is 0 Å². The average molecular weight is 273 g/mol. The number of rotatable bonds is 4. The monoisotopic (exact) mass is 273 g/mol. The van der Waals surface area contributed by atoms with Gasteiger partial charge in [0, 0.05) is 23.9 Å². The molecule has 0 spiro atoms. The molecular formula is C15H19N3O2. The molecule has 2 aromatic rings. The van der Waals surface area contributed by atoms with Crippen LogP contribution in [0.3, 0.4) is 0 Å². The van der Waals surface area contributed by atoms with Gasteiger partial charge in [-0.1, -0.05) is 0 Å². The Kier molecular flexibility index (Phi) is 4.20. The van der Waals surface area contributed by atoms with Crippen LogP contribution in [0.2, 0.25) is 0 Å². The number of nitrogens with two attached hydrogens (primary N) is 1. The number of aromatic nitrogens is 1. The first-order chi connectivity index (χ1) is 9.51. The predicted molar refractivity (Wildman–Crippen MR) is 76.2 cm³/mol. The summed E-state index contributed by atoms with van der Waals surface area (Å²) in [5, 5.41) is 2.95. The van der Waals surface area contributed by atoms with E-state index >= 15 is 0 Å². The van der Waals surface area contributed by atoms with Gasteiger partial charge in [0.25, 0.3) is 5.91 Å². The molecule has 0 bridgehead atoms. The van der Waals surface area contributed by atoms with Crippen molar-refractivity contribution in [3.8, 4) is 0 Å². The number of aryl methyl sites for hydroxylation is 2. The molecule has 0 fully saturated rings. The molecule has 1 amide bonds. The summed E-state index contributed by atoms with van der Waals surface area (Å²) in [5.74, 6) is 1.52. The Labute approximate surface area is 118 Å². The molecule has 3 N–H and O–H groups in total. The van der Waals surface area contributed by atoms with Crippen molar-refractivity contribution in [2.24, 2.45) is 5.73 Å². The third-order valence-corrected chi connectivity index (χ3v) is 3.18. The molecule has 0 aliphatic heterocycles. The first-order valence-electron chi connectivity index (χ1n) is 6.54. The highest BCUT2D eigenvalue weighted by Crippen LogP contribution is 2.21. The SMILES string of the molecule is Cc1cc(C(C)NC(=O)c2ccnc(CN)c2)c(C)o1. The maximum Gasteiger partial charge on any atom is 0.251 e. The van der Waals surface area contributed by atoms with Crippen LogP contribution in [0, 0.1) is 13.8 Å². The minimum absolute atomic E-state index is 0.116. The van der Waals surface area contributed by atoms with Crippen LogP contribution in [0.5, 0.6) is 0 Å². The third kappa shape index (κ3) is 3.05. The maximum absolute atomic E-state index is 12.2. The van der Waals surface area contributed by atoms with E-state index in [1.807, 2.05) is 26.8 Å². The lowest BCUT2D eigenvalue weighted by molar-refractivity contribution is 0.0939. The van der Waals surface area contributed by atoms with Crippen LogP contribution < -0.4 is 11.1 Å². The summed E-state index contributed by atoms with van der Waals surface area (Å²) in [6.07, 6.45) is 1.59. The van der Waals surface area contributed by atoms with Gasteiger partial charge in [0.05, 0.1) is 11.7 Å². The molecule has 1 atom stereocenters. The number of nitrogens with one attached hydrogen (secondary N) is 1. The quantitative estimate of drug-likeness (QED) is 0.895. The highest BCUT2D eigenvalue weighted by atomic mass is 16.3. The highest BCUT2D eigenvalue weighted by Gasteiger charge is 2.16. The normalized spacial score (nSPS) is 12.2. The van der Waals surface area contributed by atoms with Crippen LogP contribution in [-0.4, -0.2) is 10.9 Å². The molecule has 2 rings (SSSR count). The fourth-order valence-corrected chi connectivity index (χ4v) is 2.17. The molecule has 2 aromatic heterocycles. The average Bonchev–Trinajstić information content (AvgIpc) is 2.77. The molecule has 1 unspecified atom stereocenters. The lowest BCUT2D eigenvalue weighted by atomic mass is 10.1. The van der Waals surface area contributed by atoms with E-state index in [0.717, 1.165) is 17.1 Å². The summed E-state index contributed by atoms with van der Waals surface area (Å²) in [6.45, 7) is 6.03. The Morgan fingerprint density at radius 3 is 2.80 bits per heavy atom. The van der Waals surface area contributed by atoms with E-state index in [4.69, 9.17) is 10.2 Å². The van der Waals surface area contributed by atoms with Gasteiger partial charge < -0.3 is 15.5 Å². The summed E-state index contributed by atoms with van der Waals surface area (Å²) in [5.41, 5.74) is 7.77. The van der Waals surface area contributed by atoms with Crippen LogP contribution in [0.4, 0.5) is 0 Å². The molecule has 0 aliphatic carbocycles. The van der Waals surface area contributed by atoms with Crippen molar-refractivity contribution in [3.05, 3.63) is 52.7 Å². The van der Waals surface area contributed by atoms with Gasteiger partial charge in [-0.2, -0.15) is 0 Å². The van der Waals surface area contributed by atoms with Crippen LogP contribution in [0.15, 0.2) is 28.8 Å². The van der Waals surface area contributed by atoms with Crippen LogP contribution >= 0.6 is 0 Å². The van der Waals surface area contributed by atoms with Gasteiger partial charge in [-0.25, -0.2) is 0 Å². The van der Waals surface area contributed by atoms with Gasteiger partial charge in [-0.15, -0.1) is 0 Å². The van der Waals surface area contributed by atoms with E-state index in [1.54, 1.807) is 18.3 Å². The second-order valence-corrected chi connectivity index (χ2v) is 4.80. The number of furan rings is 1. The number of carbonyl (C=O) groups is 1. The minimum Gasteiger partial charge on any atom is -0.466 e. The molecule has 0 aliphatic rings. The number of nitrogens with zero attached hydrogens (tertiary/aromatic N) is 1.